The molecule has 15 heavy (non-hydrogen) atoms. The van der Waals surface area contributed by atoms with Gasteiger partial charge >= 0.3 is 0 Å². The summed E-state index contributed by atoms with van der Waals surface area (Å²) in [5.74, 6) is -0.232. The van der Waals surface area contributed by atoms with Crippen molar-refractivity contribution in [3.05, 3.63) is 34.1 Å². The van der Waals surface area contributed by atoms with Gasteiger partial charge in [-0.25, -0.2) is 4.39 Å². The van der Waals surface area contributed by atoms with Crippen molar-refractivity contribution in [2.45, 2.75) is 19.4 Å². The fraction of sp³-hybridized carbons (Fsp3) is 0.455. The average molecular weight is 275 g/mol. The van der Waals surface area contributed by atoms with Crippen LogP contribution in [0.2, 0.25) is 0 Å². The summed E-state index contributed by atoms with van der Waals surface area (Å²) in [6, 6.07) is 4.67. The van der Waals surface area contributed by atoms with Crippen molar-refractivity contribution >= 4 is 15.9 Å². The maximum atomic E-state index is 13.1. The maximum absolute atomic E-state index is 13.1. The Morgan fingerprint density at radius 3 is 2.87 bits per heavy atom. The van der Waals surface area contributed by atoms with E-state index >= 15 is 0 Å². The average Bonchev–Trinajstić information content (AvgIpc) is 2.24. The molecule has 0 bridgehead atoms. The molecule has 1 rings (SSSR count). The van der Waals surface area contributed by atoms with E-state index in [0.717, 1.165) is 23.0 Å². The second-order valence-electron chi connectivity index (χ2n) is 3.41. The standard InChI is InChI=1S/C11H16BrFN2/c1-2-5-15-11(7-14)9-6-8(13)3-4-10(9)12/h3-4,6,11,15H,2,5,7,14H2,1H3. The lowest BCUT2D eigenvalue weighted by Crippen LogP contribution is -2.29. The first-order valence-electron chi connectivity index (χ1n) is 5.07. The van der Waals surface area contributed by atoms with Crippen molar-refractivity contribution in [1.29, 1.82) is 0 Å². The summed E-state index contributed by atoms with van der Waals surface area (Å²) in [6.07, 6.45) is 1.03. The first kappa shape index (κ1) is 12.6. The summed E-state index contributed by atoms with van der Waals surface area (Å²) < 4.78 is 14.0. The van der Waals surface area contributed by atoms with Gasteiger partial charge in [-0.05, 0) is 36.7 Å². The minimum atomic E-state index is -0.232. The summed E-state index contributed by atoms with van der Waals surface area (Å²) in [6.45, 7) is 3.42. The van der Waals surface area contributed by atoms with Crippen molar-refractivity contribution in [2.75, 3.05) is 13.1 Å². The summed E-state index contributed by atoms with van der Waals surface area (Å²) in [4.78, 5) is 0. The number of hydrogen-bond donors (Lipinski definition) is 2. The van der Waals surface area contributed by atoms with E-state index in [1.54, 1.807) is 6.07 Å². The van der Waals surface area contributed by atoms with Crippen LogP contribution in [0.5, 0.6) is 0 Å². The molecule has 84 valence electrons. The quantitative estimate of drug-likeness (QED) is 0.866. The zero-order valence-corrected chi connectivity index (χ0v) is 10.3. The molecule has 0 aliphatic rings. The Labute approximate surface area is 98.2 Å². The molecule has 0 amide bonds. The first-order valence-corrected chi connectivity index (χ1v) is 5.86. The van der Waals surface area contributed by atoms with Gasteiger partial charge in [0.05, 0.1) is 0 Å². The van der Waals surface area contributed by atoms with Gasteiger partial charge in [0.1, 0.15) is 5.82 Å². The SMILES string of the molecule is CCCNC(CN)c1cc(F)ccc1Br. The van der Waals surface area contributed by atoms with E-state index in [0.29, 0.717) is 6.54 Å². The molecular formula is C11H16BrFN2. The lowest BCUT2D eigenvalue weighted by molar-refractivity contribution is 0.533. The number of rotatable bonds is 5. The molecule has 3 N–H and O–H groups in total. The molecular weight excluding hydrogens is 259 g/mol. The van der Waals surface area contributed by atoms with Gasteiger partial charge in [0.15, 0.2) is 0 Å². The van der Waals surface area contributed by atoms with E-state index in [1.807, 2.05) is 0 Å². The molecule has 0 radical (unpaired) electrons. The second kappa shape index (κ2) is 6.20. The van der Waals surface area contributed by atoms with Crippen molar-refractivity contribution in [1.82, 2.24) is 5.32 Å². The normalized spacial score (nSPS) is 12.8. The molecule has 1 atom stereocenters. The molecule has 0 aliphatic carbocycles. The maximum Gasteiger partial charge on any atom is 0.123 e. The molecule has 1 aromatic rings. The van der Waals surface area contributed by atoms with E-state index in [9.17, 15) is 4.39 Å². The van der Waals surface area contributed by atoms with Crippen LogP contribution in [0.25, 0.3) is 0 Å². The molecule has 2 nitrogen and oxygen atoms in total. The van der Waals surface area contributed by atoms with Gasteiger partial charge in [0.25, 0.3) is 0 Å². The molecule has 0 aromatic heterocycles. The molecule has 0 spiro atoms. The van der Waals surface area contributed by atoms with Gasteiger partial charge in [-0.3, -0.25) is 0 Å². The fourth-order valence-electron chi connectivity index (χ4n) is 1.42. The van der Waals surface area contributed by atoms with Gasteiger partial charge in [0.2, 0.25) is 0 Å². The topological polar surface area (TPSA) is 38.0 Å². The fourth-order valence-corrected chi connectivity index (χ4v) is 1.94. The highest BCUT2D eigenvalue weighted by Crippen LogP contribution is 2.23. The summed E-state index contributed by atoms with van der Waals surface area (Å²) in [5.41, 5.74) is 6.54. The minimum Gasteiger partial charge on any atom is -0.329 e. The molecule has 0 fully saturated rings. The number of halogens is 2. The Balaban J connectivity index is 2.85. The van der Waals surface area contributed by atoms with Gasteiger partial charge in [0, 0.05) is 17.1 Å². The number of benzene rings is 1. The van der Waals surface area contributed by atoms with E-state index in [-0.39, 0.29) is 11.9 Å². The number of nitrogens with two attached hydrogens (primary N) is 1. The van der Waals surface area contributed by atoms with Crippen LogP contribution < -0.4 is 11.1 Å². The van der Waals surface area contributed by atoms with Gasteiger partial charge in [-0.2, -0.15) is 0 Å². The Bertz CT molecular complexity index is 317. The van der Waals surface area contributed by atoms with Crippen LogP contribution in [-0.4, -0.2) is 13.1 Å². The van der Waals surface area contributed by atoms with Crippen LogP contribution in [0.4, 0.5) is 4.39 Å². The van der Waals surface area contributed by atoms with Crippen LogP contribution in [0.3, 0.4) is 0 Å². The van der Waals surface area contributed by atoms with Crippen molar-refractivity contribution < 1.29 is 4.39 Å². The van der Waals surface area contributed by atoms with Crippen molar-refractivity contribution in [3.63, 3.8) is 0 Å². The molecule has 0 aliphatic heterocycles. The van der Waals surface area contributed by atoms with Crippen LogP contribution >= 0.6 is 15.9 Å². The summed E-state index contributed by atoms with van der Waals surface area (Å²) in [7, 11) is 0. The Morgan fingerprint density at radius 1 is 1.53 bits per heavy atom. The van der Waals surface area contributed by atoms with Gasteiger partial charge in [-0.15, -0.1) is 0 Å². The van der Waals surface area contributed by atoms with Crippen molar-refractivity contribution in [2.24, 2.45) is 5.73 Å². The predicted octanol–water partition coefficient (Wildman–Crippen LogP) is 2.59. The van der Waals surface area contributed by atoms with Gasteiger partial charge in [-0.1, -0.05) is 22.9 Å². The van der Waals surface area contributed by atoms with E-state index in [2.05, 4.69) is 28.2 Å². The second-order valence-corrected chi connectivity index (χ2v) is 4.26. The first-order chi connectivity index (χ1) is 7.19. The van der Waals surface area contributed by atoms with Gasteiger partial charge < -0.3 is 11.1 Å². The minimum absolute atomic E-state index is 0.00928. The van der Waals surface area contributed by atoms with E-state index in [1.165, 1.54) is 12.1 Å². The molecule has 0 heterocycles. The Morgan fingerprint density at radius 2 is 2.27 bits per heavy atom. The Hall–Kier alpha value is -0.450. The number of hydrogen-bond acceptors (Lipinski definition) is 2. The zero-order chi connectivity index (χ0) is 11.3. The monoisotopic (exact) mass is 274 g/mol. The van der Waals surface area contributed by atoms with Crippen LogP contribution in [0.1, 0.15) is 24.9 Å². The lowest BCUT2D eigenvalue weighted by Gasteiger charge is -2.18. The zero-order valence-electron chi connectivity index (χ0n) is 8.76. The molecule has 1 aromatic carbocycles. The van der Waals surface area contributed by atoms with Crippen molar-refractivity contribution in [3.8, 4) is 0 Å². The third kappa shape index (κ3) is 3.55. The third-order valence-corrected chi connectivity index (χ3v) is 2.93. The highest BCUT2D eigenvalue weighted by atomic mass is 79.9. The van der Waals surface area contributed by atoms with Crippen LogP contribution in [0, 0.1) is 5.82 Å². The van der Waals surface area contributed by atoms with Crippen LogP contribution in [-0.2, 0) is 0 Å². The third-order valence-electron chi connectivity index (χ3n) is 2.21. The van der Waals surface area contributed by atoms with E-state index in [4.69, 9.17) is 5.73 Å². The molecule has 4 heteroatoms. The number of nitrogens with one attached hydrogen (secondary N) is 1. The Kier molecular flexibility index (Phi) is 5.22. The van der Waals surface area contributed by atoms with Crippen LogP contribution in [0.15, 0.2) is 22.7 Å². The molecule has 1 unspecified atom stereocenters. The summed E-state index contributed by atoms with van der Waals surface area (Å²) in [5, 5.41) is 3.28. The highest BCUT2D eigenvalue weighted by Gasteiger charge is 2.12. The largest absolute Gasteiger partial charge is 0.329 e. The summed E-state index contributed by atoms with van der Waals surface area (Å²) >= 11 is 3.40. The lowest BCUT2D eigenvalue weighted by atomic mass is 10.1. The van der Waals surface area contributed by atoms with E-state index < -0.39 is 0 Å². The molecule has 0 saturated heterocycles. The molecule has 0 saturated carbocycles. The smallest absolute Gasteiger partial charge is 0.123 e. The predicted molar refractivity (Wildman–Crippen MR) is 64.2 cm³/mol. The highest BCUT2D eigenvalue weighted by molar-refractivity contribution is 9.10.